The van der Waals surface area contributed by atoms with Crippen LogP contribution in [0.3, 0.4) is 0 Å². The monoisotopic (exact) mass is 540 g/mol. The molecule has 1 fully saturated rings. The van der Waals surface area contributed by atoms with Gasteiger partial charge in [0.05, 0.1) is 11.6 Å². The first-order valence-corrected chi connectivity index (χ1v) is 12.8. The summed E-state index contributed by atoms with van der Waals surface area (Å²) in [5.74, 6) is 0.317. The number of carbonyl (C=O) groups excluding carboxylic acids is 2. The molecule has 0 unspecified atom stereocenters. The summed E-state index contributed by atoms with van der Waals surface area (Å²) in [5.41, 5.74) is 7.40. The number of piperazine rings is 1. The van der Waals surface area contributed by atoms with Gasteiger partial charge in [-0.1, -0.05) is 37.3 Å². The molecule has 3 N–H and O–H groups in total. The quantitative estimate of drug-likeness (QED) is 0.466. The summed E-state index contributed by atoms with van der Waals surface area (Å²) in [6.45, 7) is 6.17. The molecule has 0 bridgehead atoms. The lowest BCUT2D eigenvalue weighted by molar-refractivity contribution is -0.137. The van der Waals surface area contributed by atoms with Crippen molar-refractivity contribution in [1.82, 2.24) is 20.2 Å². The molecule has 2 aromatic carbocycles. The van der Waals surface area contributed by atoms with Crippen LogP contribution in [0.1, 0.15) is 53.6 Å². The molecule has 0 spiro atoms. The minimum Gasteiger partial charge on any atom is -0.353 e. The molecule has 0 aliphatic carbocycles. The van der Waals surface area contributed by atoms with Gasteiger partial charge in [0, 0.05) is 45.3 Å². The number of hydrogen-bond acceptors (Lipinski definition) is 6. The zero-order chi connectivity index (χ0) is 28.2. The van der Waals surface area contributed by atoms with E-state index in [1.165, 1.54) is 12.3 Å². The lowest BCUT2D eigenvalue weighted by Gasteiger charge is -2.35. The third-order valence-corrected chi connectivity index (χ3v) is 6.83. The Balaban J connectivity index is 1.43. The number of halogens is 3. The zero-order valence-corrected chi connectivity index (χ0v) is 21.8. The molecule has 4 rings (SSSR count). The third kappa shape index (κ3) is 6.54. The number of alkyl halides is 3. The van der Waals surface area contributed by atoms with Crippen LogP contribution in [0.4, 0.5) is 19.0 Å². The van der Waals surface area contributed by atoms with Crippen LogP contribution in [0.2, 0.25) is 0 Å². The second-order valence-electron chi connectivity index (χ2n) is 9.35. The Morgan fingerprint density at radius 2 is 1.74 bits per heavy atom. The fraction of sp³-hybridized carbons (Fsp3) is 0.357. The number of anilines is 1. The van der Waals surface area contributed by atoms with E-state index in [2.05, 4.69) is 15.3 Å². The maximum atomic E-state index is 13.2. The normalized spacial score (nSPS) is 14.7. The third-order valence-electron chi connectivity index (χ3n) is 6.83. The molecule has 1 aromatic heterocycles. The molecular formula is C28H31F3N6O2. The number of carbonyl (C=O) groups is 2. The minimum absolute atomic E-state index is 0.0274. The van der Waals surface area contributed by atoms with Crippen LogP contribution in [0.25, 0.3) is 11.1 Å². The van der Waals surface area contributed by atoms with E-state index in [0.717, 1.165) is 17.7 Å². The van der Waals surface area contributed by atoms with Gasteiger partial charge in [0.25, 0.3) is 5.91 Å². The summed E-state index contributed by atoms with van der Waals surface area (Å²) in [6, 6.07) is 11.8. The Hall–Kier alpha value is -3.99. The van der Waals surface area contributed by atoms with Gasteiger partial charge >= 0.3 is 6.18 Å². The summed E-state index contributed by atoms with van der Waals surface area (Å²) in [7, 11) is 0. The number of nitrogens with zero attached hydrogens (tertiary/aromatic N) is 4. The van der Waals surface area contributed by atoms with Gasteiger partial charge in [0.1, 0.15) is 5.82 Å². The highest BCUT2D eigenvalue weighted by atomic mass is 19.4. The maximum Gasteiger partial charge on any atom is 0.416 e. The van der Waals surface area contributed by atoms with Crippen LogP contribution in [0, 0.1) is 0 Å². The Morgan fingerprint density at radius 3 is 2.36 bits per heavy atom. The van der Waals surface area contributed by atoms with E-state index in [1.807, 2.05) is 16.7 Å². The van der Waals surface area contributed by atoms with E-state index in [4.69, 9.17) is 5.73 Å². The zero-order valence-electron chi connectivity index (χ0n) is 21.8. The molecule has 1 saturated heterocycles. The number of aromatic nitrogens is 2. The van der Waals surface area contributed by atoms with Gasteiger partial charge in [-0.2, -0.15) is 13.2 Å². The molecule has 39 heavy (non-hydrogen) atoms. The predicted molar refractivity (Wildman–Crippen MR) is 142 cm³/mol. The Morgan fingerprint density at radius 1 is 1.05 bits per heavy atom. The van der Waals surface area contributed by atoms with E-state index in [0.29, 0.717) is 55.1 Å². The summed E-state index contributed by atoms with van der Waals surface area (Å²) in [4.78, 5) is 37.2. The highest BCUT2D eigenvalue weighted by molar-refractivity contribution is 5.91. The summed E-state index contributed by atoms with van der Waals surface area (Å²) < 4.78 is 39.7. The van der Waals surface area contributed by atoms with E-state index >= 15 is 0 Å². The van der Waals surface area contributed by atoms with Crippen molar-refractivity contribution in [3.05, 3.63) is 77.2 Å². The predicted octanol–water partition coefficient (Wildman–Crippen LogP) is 4.17. The van der Waals surface area contributed by atoms with Crippen LogP contribution in [0.15, 0.2) is 54.7 Å². The van der Waals surface area contributed by atoms with E-state index in [-0.39, 0.29) is 18.3 Å². The molecule has 3 aromatic rings. The molecule has 1 atom stereocenters. The van der Waals surface area contributed by atoms with Gasteiger partial charge in [-0.15, -0.1) is 0 Å². The fourth-order valence-corrected chi connectivity index (χ4v) is 4.54. The maximum absolute atomic E-state index is 13.2. The smallest absolute Gasteiger partial charge is 0.353 e. The Labute approximate surface area is 225 Å². The van der Waals surface area contributed by atoms with Crippen molar-refractivity contribution < 1.29 is 22.8 Å². The Bertz CT molecular complexity index is 1320. The Kier molecular flexibility index (Phi) is 8.49. The topological polar surface area (TPSA) is 104 Å². The van der Waals surface area contributed by atoms with Crippen molar-refractivity contribution in [2.75, 3.05) is 31.1 Å². The van der Waals surface area contributed by atoms with E-state index in [1.54, 1.807) is 37.3 Å². The van der Waals surface area contributed by atoms with Crippen molar-refractivity contribution in [1.29, 1.82) is 0 Å². The first-order valence-electron chi connectivity index (χ1n) is 12.8. The van der Waals surface area contributed by atoms with Gasteiger partial charge in [-0.3, -0.25) is 9.59 Å². The minimum atomic E-state index is -4.46. The first kappa shape index (κ1) is 28.0. The van der Waals surface area contributed by atoms with Crippen LogP contribution in [-0.4, -0.2) is 52.9 Å². The van der Waals surface area contributed by atoms with Crippen molar-refractivity contribution >= 4 is 17.6 Å². The number of nitrogens with one attached hydrogen (secondary N) is 1. The largest absolute Gasteiger partial charge is 0.416 e. The van der Waals surface area contributed by atoms with Gasteiger partial charge < -0.3 is 20.9 Å². The molecule has 206 valence electrons. The van der Waals surface area contributed by atoms with Crippen molar-refractivity contribution in [2.45, 2.75) is 39.0 Å². The van der Waals surface area contributed by atoms with Crippen molar-refractivity contribution in [3.8, 4) is 11.1 Å². The summed E-state index contributed by atoms with van der Waals surface area (Å²) >= 11 is 0. The van der Waals surface area contributed by atoms with Crippen LogP contribution in [0.5, 0.6) is 0 Å². The van der Waals surface area contributed by atoms with Gasteiger partial charge in [0.2, 0.25) is 11.7 Å². The summed E-state index contributed by atoms with van der Waals surface area (Å²) in [6.07, 6.45) is -2.45. The number of hydrogen-bond donors (Lipinski definition) is 2. The number of nitrogens with two attached hydrogens (primary N) is 1. The number of rotatable bonds is 7. The molecular weight excluding hydrogens is 509 g/mol. The molecule has 11 heteroatoms. The van der Waals surface area contributed by atoms with Crippen molar-refractivity contribution in [3.63, 3.8) is 0 Å². The van der Waals surface area contributed by atoms with Crippen LogP contribution in [-0.2, 0) is 17.5 Å². The average molecular weight is 541 g/mol. The van der Waals surface area contributed by atoms with Gasteiger partial charge in [-0.05, 0) is 47.4 Å². The fourth-order valence-electron chi connectivity index (χ4n) is 4.54. The average Bonchev–Trinajstić information content (AvgIpc) is 2.96. The molecule has 0 radical (unpaired) electrons. The van der Waals surface area contributed by atoms with Crippen molar-refractivity contribution in [2.24, 2.45) is 5.73 Å². The molecule has 8 nitrogen and oxygen atoms in total. The molecule has 2 amide bonds. The second kappa shape index (κ2) is 11.8. The number of benzene rings is 2. The molecule has 2 heterocycles. The highest BCUT2D eigenvalue weighted by Crippen LogP contribution is 2.34. The standard InChI is InChI=1S/C28H31F3N6O2/c1-3-25(38)37-14-12-36(13-15-37)24-10-11-33-26(35-24)27(39)34-18(2)19-4-6-20(7-5-19)23-16-22(28(29,30)31)9-8-21(23)17-32/h4-11,16,18H,3,12-15,17,32H2,1-2H3,(H,34,39)/t18-/m1/s1. The van der Waals surface area contributed by atoms with E-state index < -0.39 is 23.7 Å². The lowest BCUT2D eigenvalue weighted by atomic mass is 9.95. The summed E-state index contributed by atoms with van der Waals surface area (Å²) in [5, 5.41) is 2.88. The molecule has 0 saturated carbocycles. The highest BCUT2D eigenvalue weighted by Gasteiger charge is 2.31. The first-order chi connectivity index (χ1) is 18.6. The number of amides is 2. The van der Waals surface area contributed by atoms with Gasteiger partial charge in [0.15, 0.2) is 0 Å². The van der Waals surface area contributed by atoms with Crippen LogP contribution < -0.4 is 16.0 Å². The second-order valence-corrected chi connectivity index (χ2v) is 9.35. The van der Waals surface area contributed by atoms with E-state index in [9.17, 15) is 22.8 Å². The lowest BCUT2D eigenvalue weighted by Crippen LogP contribution is -2.49. The van der Waals surface area contributed by atoms with Crippen LogP contribution >= 0.6 is 0 Å². The molecule has 1 aliphatic rings. The SMILES string of the molecule is CCC(=O)N1CCN(c2ccnc(C(=O)N[C@H](C)c3ccc(-c4cc(C(F)(F)F)ccc4CN)cc3)n2)CC1. The molecule has 1 aliphatic heterocycles. The van der Waals surface area contributed by atoms with Gasteiger partial charge in [-0.25, -0.2) is 9.97 Å².